The van der Waals surface area contributed by atoms with Crippen molar-refractivity contribution in [2.24, 2.45) is 5.92 Å². The van der Waals surface area contributed by atoms with Gasteiger partial charge in [0.1, 0.15) is 0 Å². The van der Waals surface area contributed by atoms with Crippen LogP contribution in [0.25, 0.3) is 0 Å². The van der Waals surface area contributed by atoms with Gasteiger partial charge in [-0.15, -0.1) is 0 Å². The SMILES string of the molecule is CCC[C@@H]1CN(C(=O)CN2CCCCCC2=O)C[C@H]1Nc1ncccn1. The van der Waals surface area contributed by atoms with Gasteiger partial charge in [0.15, 0.2) is 0 Å². The summed E-state index contributed by atoms with van der Waals surface area (Å²) in [6.07, 6.45) is 9.13. The molecule has 2 fully saturated rings. The van der Waals surface area contributed by atoms with Crippen LogP contribution in [0.15, 0.2) is 18.5 Å². The van der Waals surface area contributed by atoms with Gasteiger partial charge in [0.05, 0.1) is 12.6 Å². The number of rotatable bonds is 6. The van der Waals surface area contributed by atoms with Crippen molar-refractivity contribution < 1.29 is 9.59 Å². The summed E-state index contributed by atoms with van der Waals surface area (Å²) in [5, 5.41) is 3.39. The van der Waals surface area contributed by atoms with Gasteiger partial charge in [-0.2, -0.15) is 0 Å². The third kappa shape index (κ3) is 4.71. The van der Waals surface area contributed by atoms with Crippen LogP contribution < -0.4 is 5.32 Å². The predicted octanol–water partition coefficient (Wildman–Crippen LogP) is 1.92. The Morgan fingerprint density at radius 1 is 1.23 bits per heavy atom. The van der Waals surface area contributed by atoms with E-state index >= 15 is 0 Å². The van der Waals surface area contributed by atoms with Gasteiger partial charge in [-0.05, 0) is 31.2 Å². The second-order valence-corrected chi connectivity index (χ2v) is 7.30. The summed E-state index contributed by atoms with van der Waals surface area (Å²) < 4.78 is 0. The zero-order valence-electron chi connectivity index (χ0n) is 15.6. The lowest BCUT2D eigenvalue weighted by atomic mass is 9.98. The molecule has 0 unspecified atom stereocenters. The first kappa shape index (κ1) is 18.6. The van der Waals surface area contributed by atoms with E-state index in [1.54, 1.807) is 23.4 Å². The van der Waals surface area contributed by atoms with Crippen LogP contribution in [0.3, 0.4) is 0 Å². The Kier molecular flexibility index (Phi) is 6.41. The number of anilines is 1. The molecule has 142 valence electrons. The molecule has 0 aliphatic carbocycles. The van der Waals surface area contributed by atoms with E-state index in [0.717, 1.165) is 38.6 Å². The average molecular weight is 359 g/mol. The Hall–Kier alpha value is -2.18. The highest BCUT2D eigenvalue weighted by Crippen LogP contribution is 2.24. The van der Waals surface area contributed by atoms with Gasteiger partial charge in [-0.25, -0.2) is 9.97 Å². The normalized spacial score (nSPS) is 23.8. The summed E-state index contributed by atoms with van der Waals surface area (Å²) in [5.41, 5.74) is 0. The van der Waals surface area contributed by atoms with Crippen LogP contribution in [-0.4, -0.2) is 63.8 Å². The molecule has 3 heterocycles. The molecule has 7 heteroatoms. The number of nitrogens with one attached hydrogen (secondary N) is 1. The minimum absolute atomic E-state index is 0.0552. The Balaban J connectivity index is 1.60. The quantitative estimate of drug-likeness (QED) is 0.839. The molecule has 0 saturated carbocycles. The molecule has 2 aliphatic rings. The summed E-state index contributed by atoms with van der Waals surface area (Å²) in [5.74, 6) is 1.16. The van der Waals surface area contributed by atoms with Crippen LogP contribution in [0.4, 0.5) is 5.95 Å². The molecule has 1 aromatic heterocycles. The second-order valence-electron chi connectivity index (χ2n) is 7.30. The summed E-state index contributed by atoms with van der Waals surface area (Å²) >= 11 is 0. The smallest absolute Gasteiger partial charge is 0.242 e. The third-order valence-corrected chi connectivity index (χ3v) is 5.33. The van der Waals surface area contributed by atoms with Crippen molar-refractivity contribution >= 4 is 17.8 Å². The Morgan fingerprint density at radius 2 is 2.04 bits per heavy atom. The van der Waals surface area contributed by atoms with Gasteiger partial charge in [-0.3, -0.25) is 9.59 Å². The van der Waals surface area contributed by atoms with Crippen molar-refractivity contribution in [1.29, 1.82) is 0 Å². The molecule has 7 nitrogen and oxygen atoms in total. The van der Waals surface area contributed by atoms with Crippen molar-refractivity contribution in [1.82, 2.24) is 19.8 Å². The standard InChI is InChI=1S/C19H29N5O2/c1-2-7-15-12-24(13-16(15)22-19-20-9-6-10-21-19)18(26)14-23-11-5-3-4-8-17(23)25/h6,9-10,15-16H,2-5,7-8,11-14H2,1H3,(H,20,21,22)/t15-,16-/m1/s1. The number of nitrogens with zero attached hydrogens (tertiary/aromatic N) is 4. The maximum absolute atomic E-state index is 12.8. The molecule has 0 spiro atoms. The highest BCUT2D eigenvalue weighted by molar-refractivity contribution is 5.85. The molecular weight excluding hydrogens is 330 g/mol. The number of amides is 2. The highest BCUT2D eigenvalue weighted by Gasteiger charge is 2.35. The molecular formula is C19H29N5O2. The molecule has 26 heavy (non-hydrogen) atoms. The zero-order chi connectivity index (χ0) is 18.4. The molecule has 1 aromatic rings. The average Bonchev–Trinajstić information content (AvgIpc) is 2.92. The van der Waals surface area contributed by atoms with Crippen molar-refractivity contribution in [2.45, 2.75) is 51.5 Å². The van der Waals surface area contributed by atoms with Gasteiger partial charge in [-0.1, -0.05) is 19.8 Å². The van der Waals surface area contributed by atoms with E-state index in [1.165, 1.54) is 0 Å². The minimum atomic E-state index is 0.0552. The monoisotopic (exact) mass is 359 g/mol. The number of carbonyl (C=O) groups excluding carboxylic acids is 2. The summed E-state index contributed by atoms with van der Waals surface area (Å²) in [7, 11) is 0. The van der Waals surface area contributed by atoms with E-state index < -0.39 is 0 Å². The largest absolute Gasteiger partial charge is 0.349 e. The molecule has 2 amide bonds. The van der Waals surface area contributed by atoms with Crippen LogP contribution in [-0.2, 0) is 9.59 Å². The topological polar surface area (TPSA) is 78.4 Å². The fourth-order valence-electron chi connectivity index (χ4n) is 3.91. The number of hydrogen-bond donors (Lipinski definition) is 1. The first-order valence-electron chi connectivity index (χ1n) is 9.76. The zero-order valence-corrected chi connectivity index (χ0v) is 15.6. The highest BCUT2D eigenvalue weighted by atomic mass is 16.2. The number of aromatic nitrogens is 2. The predicted molar refractivity (Wildman–Crippen MR) is 99.5 cm³/mol. The van der Waals surface area contributed by atoms with E-state index in [2.05, 4.69) is 22.2 Å². The lowest BCUT2D eigenvalue weighted by Gasteiger charge is -2.24. The van der Waals surface area contributed by atoms with Crippen LogP contribution in [0.5, 0.6) is 0 Å². The van der Waals surface area contributed by atoms with E-state index in [1.807, 2.05) is 4.90 Å². The fraction of sp³-hybridized carbons (Fsp3) is 0.684. The minimum Gasteiger partial charge on any atom is -0.349 e. The van der Waals surface area contributed by atoms with Crippen LogP contribution in [0, 0.1) is 5.92 Å². The molecule has 2 saturated heterocycles. The van der Waals surface area contributed by atoms with Gasteiger partial charge < -0.3 is 15.1 Å². The summed E-state index contributed by atoms with van der Waals surface area (Å²) in [6, 6.07) is 1.94. The first-order chi connectivity index (χ1) is 12.7. The van der Waals surface area contributed by atoms with E-state index in [9.17, 15) is 9.59 Å². The van der Waals surface area contributed by atoms with Crippen molar-refractivity contribution in [3.05, 3.63) is 18.5 Å². The number of hydrogen-bond acceptors (Lipinski definition) is 5. The fourth-order valence-corrected chi connectivity index (χ4v) is 3.91. The van der Waals surface area contributed by atoms with Crippen molar-refractivity contribution in [3.63, 3.8) is 0 Å². The van der Waals surface area contributed by atoms with E-state index in [0.29, 0.717) is 31.4 Å². The van der Waals surface area contributed by atoms with Gasteiger partial charge in [0, 0.05) is 38.4 Å². The van der Waals surface area contributed by atoms with Gasteiger partial charge >= 0.3 is 0 Å². The first-order valence-corrected chi connectivity index (χ1v) is 9.76. The van der Waals surface area contributed by atoms with Gasteiger partial charge in [0.25, 0.3) is 0 Å². The van der Waals surface area contributed by atoms with Crippen LogP contribution in [0.2, 0.25) is 0 Å². The molecule has 2 aliphatic heterocycles. The lowest BCUT2D eigenvalue weighted by molar-refractivity contribution is -0.139. The third-order valence-electron chi connectivity index (χ3n) is 5.33. The second kappa shape index (κ2) is 8.96. The van der Waals surface area contributed by atoms with Crippen molar-refractivity contribution in [3.8, 4) is 0 Å². The van der Waals surface area contributed by atoms with Crippen LogP contribution >= 0.6 is 0 Å². The maximum Gasteiger partial charge on any atom is 0.242 e. The molecule has 0 bridgehead atoms. The lowest BCUT2D eigenvalue weighted by Crippen LogP contribution is -2.42. The van der Waals surface area contributed by atoms with Crippen molar-refractivity contribution in [2.75, 3.05) is 31.5 Å². The van der Waals surface area contributed by atoms with Gasteiger partial charge in [0.2, 0.25) is 17.8 Å². The summed E-state index contributed by atoms with van der Waals surface area (Å²) in [4.78, 5) is 37.1. The molecule has 0 aromatic carbocycles. The number of likely N-dealkylation sites (tertiary alicyclic amines) is 2. The Labute approximate surface area is 155 Å². The van der Waals surface area contributed by atoms with E-state index in [-0.39, 0.29) is 24.4 Å². The molecule has 3 rings (SSSR count). The molecule has 1 N–H and O–H groups in total. The molecule has 0 radical (unpaired) electrons. The molecule has 2 atom stereocenters. The number of carbonyl (C=O) groups is 2. The Morgan fingerprint density at radius 3 is 2.81 bits per heavy atom. The van der Waals surface area contributed by atoms with Crippen LogP contribution in [0.1, 0.15) is 45.4 Å². The maximum atomic E-state index is 12.8. The van der Waals surface area contributed by atoms with E-state index in [4.69, 9.17) is 0 Å². The Bertz CT molecular complexity index is 609. The summed E-state index contributed by atoms with van der Waals surface area (Å²) in [6.45, 7) is 4.46.